The highest BCUT2D eigenvalue weighted by Crippen LogP contribution is 2.24. The van der Waals surface area contributed by atoms with Gasteiger partial charge in [0.1, 0.15) is 5.75 Å². The molecule has 0 bridgehead atoms. The summed E-state index contributed by atoms with van der Waals surface area (Å²) in [6.07, 6.45) is 0. The number of nitrogen functional groups attached to an aromatic ring is 2. The van der Waals surface area contributed by atoms with Crippen LogP contribution < -0.4 is 32.7 Å². The zero-order valence-electron chi connectivity index (χ0n) is 23.7. The van der Waals surface area contributed by atoms with Crippen LogP contribution in [0.4, 0.5) is 34.1 Å². The Kier molecular flexibility index (Phi) is 8.71. The molecule has 5 aromatic rings. The standard InChI is InChI=1S/C34H28N6O5/c35-23-12-7-20(8-13-23)31(42)37-25-3-1-5-27(18-25)39-33(44)22-11-16-30(41)29(17-22)34(45)40-28-6-2-4-26(19-28)38-32(43)21-9-14-24(36)15-10-21/h1-19,41H,35-36H2,(H,37,42)(H,38,43)(H,39,44)(H,40,45). The first-order valence-corrected chi connectivity index (χ1v) is 13.6. The summed E-state index contributed by atoms with van der Waals surface area (Å²) in [5.41, 5.74) is 14.9. The molecular formula is C34H28N6O5. The molecule has 0 aliphatic rings. The first-order valence-electron chi connectivity index (χ1n) is 13.6. The number of phenolic OH excluding ortho intramolecular Hbond substituents is 1. The van der Waals surface area contributed by atoms with E-state index in [1.165, 1.54) is 18.2 Å². The molecule has 0 aromatic heterocycles. The van der Waals surface area contributed by atoms with Gasteiger partial charge in [0.15, 0.2) is 0 Å². The first kappa shape index (κ1) is 29.9. The van der Waals surface area contributed by atoms with Crippen molar-refractivity contribution in [3.05, 3.63) is 138 Å². The minimum Gasteiger partial charge on any atom is -0.507 e. The zero-order chi connectivity index (χ0) is 31.9. The van der Waals surface area contributed by atoms with Crippen molar-refractivity contribution in [2.75, 3.05) is 32.7 Å². The van der Waals surface area contributed by atoms with Crippen LogP contribution in [-0.4, -0.2) is 28.7 Å². The van der Waals surface area contributed by atoms with E-state index in [2.05, 4.69) is 21.3 Å². The van der Waals surface area contributed by atoms with Crippen LogP contribution in [0.5, 0.6) is 5.75 Å². The molecule has 0 aliphatic carbocycles. The maximum absolute atomic E-state index is 13.1. The van der Waals surface area contributed by atoms with Gasteiger partial charge in [0, 0.05) is 50.8 Å². The molecule has 9 N–H and O–H groups in total. The Balaban J connectivity index is 1.24. The molecule has 0 atom stereocenters. The SMILES string of the molecule is Nc1ccc(C(=O)Nc2cccc(NC(=O)c3ccc(O)c(C(=O)Nc4cccc(NC(=O)c5ccc(N)cc5)c4)c3)c2)cc1. The number of nitrogens with one attached hydrogen (secondary N) is 4. The van der Waals surface area contributed by atoms with E-state index in [0.29, 0.717) is 45.3 Å². The second-order valence-corrected chi connectivity index (χ2v) is 9.95. The fraction of sp³-hybridized carbons (Fsp3) is 0. The van der Waals surface area contributed by atoms with Gasteiger partial charge in [-0.3, -0.25) is 19.2 Å². The molecule has 11 heteroatoms. The molecule has 0 spiro atoms. The van der Waals surface area contributed by atoms with Crippen molar-refractivity contribution < 1.29 is 24.3 Å². The predicted octanol–water partition coefficient (Wildman–Crippen LogP) is 5.57. The van der Waals surface area contributed by atoms with E-state index >= 15 is 0 Å². The number of hydrogen-bond acceptors (Lipinski definition) is 7. The van der Waals surface area contributed by atoms with Gasteiger partial charge in [0.05, 0.1) is 5.56 Å². The average molecular weight is 601 g/mol. The summed E-state index contributed by atoms with van der Waals surface area (Å²) in [5.74, 6) is -2.24. The monoisotopic (exact) mass is 600 g/mol. The van der Waals surface area contributed by atoms with Crippen LogP contribution in [0.1, 0.15) is 41.4 Å². The largest absolute Gasteiger partial charge is 0.507 e. The molecule has 0 radical (unpaired) electrons. The van der Waals surface area contributed by atoms with Crippen LogP contribution >= 0.6 is 0 Å². The number of aromatic hydroxyl groups is 1. The summed E-state index contributed by atoms with van der Waals surface area (Å²) < 4.78 is 0. The molecule has 5 rings (SSSR count). The maximum Gasteiger partial charge on any atom is 0.259 e. The van der Waals surface area contributed by atoms with Gasteiger partial charge < -0.3 is 37.8 Å². The summed E-state index contributed by atoms with van der Waals surface area (Å²) in [5, 5.41) is 21.3. The lowest BCUT2D eigenvalue weighted by Gasteiger charge is -2.12. The number of amides is 4. The molecule has 5 aromatic carbocycles. The minimum atomic E-state index is -0.670. The van der Waals surface area contributed by atoms with Gasteiger partial charge in [-0.2, -0.15) is 0 Å². The lowest BCUT2D eigenvalue weighted by molar-refractivity contribution is 0.101. The Morgan fingerprint density at radius 3 is 1.22 bits per heavy atom. The summed E-state index contributed by atoms with van der Waals surface area (Å²) >= 11 is 0. The number of carbonyl (C=O) groups is 4. The van der Waals surface area contributed by atoms with Gasteiger partial charge in [0.25, 0.3) is 23.6 Å². The Labute approximate surface area is 257 Å². The van der Waals surface area contributed by atoms with Crippen LogP contribution in [0.15, 0.2) is 115 Å². The van der Waals surface area contributed by atoms with Crippen molar-refractivity contribution >= 4 is 57.8 Å². The fourth-order valence-electron chi connectivity index (χ4n) is 4.29. The number of carbonyl (C=O) groups excluding carboxylic acids is 4. The number of benzene rings is 5. The predicted molar refractivity (Wildman–Crippen MR) is 175 cm³/mol. The van der Waals surface area contributed by atoms with Crippen molar-refractivity contribution in [2.45, 2.75) is 0 Å². The normalized spacial score (nSPS) is 10.4. The first-order chi connectivity index (χ1) is 21.6. The van der Waals surface area contributed by atoms with Crippen LogP contribution in [-0.2, 0) is 0 Å². The van der Waals surface area contributed by atoms with E-state index < -0.39 is 11.8 Å². The minimum absolute atomic E-state index is 0.110. The van der Waals surface area contributed by atoms with E-state index in [0.717, 1.165) is 0 Å². The highest BCUT2D eigenvalue weighted by molar-refractivity contribution is 6.11. The van der Waals surface area contributed by atoms with Crippen molar-refractivity contribution in [2.24, 2.45) is 0 Å². The Bertz CT molecular complexity index is 1910. The van der Waals surface area contributed by atoms with Crippen LogP contribution in [0.2, 0.25) is 0 Å². The highest BCUT2D eigenvalue weighted by atomic mass is 16.3. The third-order valence-corrected chi connectivity index (χ3v) is 6.61. The molecule has 224 valence electrons. The second kappa shape index (κ2) is 13.1. The van der Waals surface area contributed by atoms with E-state index in [4.69, 9.17) is 11.5 Å². The molecular weight excluding hydrogens is 572 g/mol. The molecule has 0 unspecified atom stereocenters. The maximum atomic E-state index is 13.1. The lowest BCUT2D eigenvalue weighted by Crippen LogP contribution is -2.16. The van der Waals surface area contributed by atoms with Gasteiger partial charge in [-0.25, -0.2) is 0 Å². The van der Waals surface area contributed by atoms with Gasteiger partial charge in [-0.05, 0) is 103 Å². The summed E-state index contributed by atoms with van der Waals surface area (Å²) in [6.45, 7) is 0. The van der Waals surface area contributed by atoms with Gasteiger partial charge >= 0.3 is 0 Å². The van der Waals surface area contributed by atoms with E-state index in [9.17, 15) is 24.3 Å². The molecule has 4 amide bonds. The topological polar surface area (TPSA) is 189 Å². The summed E-state index contributed by atoms with van der Waals surface area (Å²) in [6, 6.07) is 29.8. The van der Waals surface area contributed by atoms with Crippen molar-refractivity contribution in [3.8, 4) is 5.75 Å². The molecule has 0 heterocycles. The van der Waals surface area contributed by atoms with Crippen molar-refractivity contribution in [1.29, 1.82) is 0 Å². The van der Waals surface area contributed by atoms with E-state index in [-0.39, 0.29) is 28.7 Å². The quantitative estimate of drug-likeness (QED) is 0.113. The summed E-state index contributed by atoms with van der Waals surface area (Å²) in [7, 11) is 0. The molecule has 45 heavy (non-hydrogen) atoms. The molecule has 11 nitrogen and oxygen atoms in total. The van der Waals surface area contributed by atoms with Crippen LogP contribution in [0, 0.1) is 0 Å². The van der Waals surface area contributed by atoms with E-state index in [1.54, 1.807) is 97.1 Å². The number of phenols is 1. The smallest absolute Gasteiger partial charge is 0.259 e. The number of rotatable bonds is 8. The average Bonchev–Trinajstić information content (AvgIpc) is 3.02. The fourth-order valence-corrected chi connectivity index (χ4v) is 4.29. The lowest BCUT2D eigenvalue weighted by atomic mass is 10.1. The zero-order valence-corrected chi connectivity index (χ0v) is 23.7. The second-order valence-electron chi connectivity index (χ2n) is 9.95. The Morgan fingerprint density at radius 1 is 0.444 bits per heavy atom. The van der Waals surface area contributed by atoms with Gasteiger partial charge in [-0.1, -0.05) is 12.1 Å². The summed E-state index contributed by atoms with van der Waals surface area (Å²) in [4.78, 5) is 51.3. The Morgan fingerprint density at radius 2 is 0.800 bits per heavy atom. The molecule has 0 aliphatic heterocycles. The van der Waals surface area contributed by atoms with E-state index in [1.807, 2.05) is 0 Å². The number of hydrogen-bond donors (Lipinski definition) is 7. The molecule has 0 saturated heterocycles. The number of anilines is 6. The van der Waals surface area contributed by atoms with Crippen LogP contribution in [0.25, 0.3) is 0 Å². The van der Waals surface area contributed by atoms with Crippen LogP contribution in [0.3, 0.4) is 0 Å². The molecule has 0 saturated carbocycles. The highest BCUT2D eigenvalue weighted by Gasteiger charge is 2.17. The third-order valence-electron chi connectivity index (χ3n) is 6.61. The Hall–Kier alpha value is -6.62. The molecule has 0 fully saturated rings. The van der Waals surface area contributed by atoms with Crippen molar-refractivity contribution in [1.82, 2.24) is 0 Å². The van der Waals surface area contributed by atoms with Gasteiger partial charge in [-0.15, -0.1) is 0 Å². The van der Waals surface area contributed by atoms with Crippen molar-refractivity contribution in [3.63, 3.8) is 0 Å². The third kappa shape index (κ3) is 7.62. The van der Waals surface area contributed by atoms with Gasteiger partial charge in [0.2, 0.25) is 0 Å². The number of nitrogens with two attached hydrogens (primary N) is 2.